The molecular formula is C23H18F6N2O4. The number of aromatic nitrogens is 1. The Kier molecular flexibility index (Phi) is 8.81. The Balaban J connectivity index is 0.000000540. The lowest BCUT2D eigenvalue weighted by molar-refractivity contribution is -0.192. The van der Waals surface area contributed by atoms with E-state index in [1.54, 1.807) is 42.5 Å². The third-order valence-corrected chi connectivity index (χ3v) is 4.52. The summed E-state index contributed by atoms with van der Waals surface area (Å²) in [5.74, 6) is -2.76. The first-order valence-corrected chi connectivity index (χ1v) is 9.72. The Bertz CT molecular complexity index is 1100. The molecular weight excluding hydrogens is 482 g/mol. The van der Waals surface area contributed by atoms with E-state index in [0.29, 0.717) is 11.3 Å². The summed E-state index contributed by atoms with van der Waals surface area (Å²) < 4.78 is 70.4. The maximum Gasteiger partial charge on any atom is 0.490 e. The minimum atomic E-state index is -5.08. The quantitative estimate of drug-likeness (QED) is 0.419. The SMILES string of the molecule is O=C(O)C(F)(F)F.O=C(O)N(Cc1ccccc1)C(c1ccc(C(F)(F)F)cc1)c1ccccn1. The van der Waals surface area contributed by atoms with Crippen molar-refractivity contribution in [3.05, 3.63) is 101 Å². The number of rotatable bonds is 5. The number of amides is 1. The van der Waals surface area contributed by atoms with E-state index in [1.807, 2.05) is 6.07 Å². The van der Waals surface area contributed by atoms with Crippen LogP contribution in [0.3, 0.4) is 0 Å². The van der Waals surface area contributed by atoms with Gasteiger partial charge in [0.05, 0.1) is 17.8 Å². The lowest BCUT2D eigenvalue weighted by Gasteiger charge is -2.30. The zero-order valence-electron chi connectivity index (χ0n) is 17.7. The first kappa shape index (κ1) is 27.2. The number of hydrogen-bond donors (Lipinski definition) is 2. The molecule has 0 fully saturated rings. The van der Waals surface area contributed by atoms with Crippen molar-refractivity contribution >= 4 is 12.1 Å². The molecule has 1 heterocycles. The summed E-state index contributed by atoms with van der Waals surface area (Å²) in [6.07, 6.45) is -9.22. The van der Waals surface area contributed by atoms with Gasteiger partial charge in [0.25, 0.3) is 0 Å². The van der Waals surface area contributed by atoms with Crippen LogP contribution in [0.1, 0.15) is 28.4 Å². The smallest absolute Gasteiger partial charge is 0.475 e. The van der Waals surface area contributed by atoms with Crippen molar-refractivity contribution in [2.75, 3.05) is 0 Å². The van der Waals surface area contributed by atoms with Crippen LogP contribution in [0.15, 0.2) is 79.0 Å². The van der Waals surface area contributed by atoms with Crippen LogP contribution in [0.2, 0.25) is 0 Å². The molecule has 0 aliphatic rings. The van der Waals surface area contributed by atoms with Gasteiger partial charge in [-0.3, -0.25) is 9.88 Å². The average Bonchev–Trinajstić information content (AvgIpc) is 2.79. The van der Waals surface area contributed by atoms with Gasteiger partial charge in [-0.15, -0.1) is 0 Å². The maximum absolute atomic E-state index is 12.9. The summed E-state index contributed by atoms with van der Waals surface area (Å²) in [6, 6.07) is 17.7. The van der Waals surface area contributed by atoms with Crippen LogP contribution in [0.5, 0.6) is 0 Å². The number of halogens is 6. The van der Waals surface area contributed by atoms with E-state index < -0.39 is 36.0 Å². The normalized spacial score (nSPS) is 12.2. The molecule has 3 aromatic rings. The Morgan fingerprint density at radius 1 is 0.829 bits per heavy atom. The van der Waals surface area contributed by atoms with Gasteiger partial charge in [-0.2, -0.15) is 26.3 Å². The van der Waals surface area contributed by atoms with Crippen molar-refractivity contribution in [2.45, 2.75) is 24.9 Å². The summed E-state index contributed by atoms with van der Waals surface area (Å²) in [5, 5.41) is 17.0. The number of alkyl halides is 6. The fourth-order valence-corrected chi connectivity index (χ4v) is 2.95. The Hall–Kier alpha value is -4.09. The molecule has 3 rings (SSSR count). The summed E-state index contributed by atoms with van der Waals surface area (Å²) in [7, 11) is 0. The largest absolute Gasteiger partial charge is 0.490 e. The molecule has 6 nitrogen and oxygen atoms in total. The number of hydrogen-bond acceptors (Lipinski definition) is 3. The van der Waals surface area contributed by atoms with Gasteiger partial charge in [0, 0.05) is 6.20 Å². The monoisotopic (exact) mass is 500 g/mol. The zero-order valence-corrected chi connectivity index (χ0v) is 17.7. The topological polar surface area (TPSA) is 90.7 Å². The standard InChI is InChI=1S/C21H17F3N2O2.C2HF3O2/c22-21(23,24)17-11-9-16(10-12-17)19(18-8-4-5-13-25-18)26(20(27)28)14-15-6-2-1-3-7-15;3-2(4,5)1(6)7/h1-13,19H,14H2,(H,27,28);(H,6,7). The molecule has 0 radical (unpaired) electrons. The molecule has 0 bridgehead atoms. The number of nitrogens with zero attached hydrogens (tertiary/aromatic N) is 2. The van der Waals surface area contributed by atoms with Crippen LogP contribution < -0.4 is 0 Å². The predicted octanol–water partition coefficient (Wildman–Crippen LogP) is 6.00. The molecule has 12 heteroatoms. The molecule has 0 saturated heterocycles. The van der Waals surface area contributed by atoms with Crippen molar-refractivity contribution in [3.63, 3.8) is 0 Å². The Morgan fingerprint density at radius 2 is 1.37 bits per heavy atom. The van der Waals surface area contributed by atoms with E-state index in [2.05, 4.69) is 4.98 Å². The number of benzene rings is 2. The highest BCUT2D eigenvalue weighted by Gasteiger charge is 2.38. The number of carbonyl (C=O) groups is 2. The molecule has 1 amide bonds. The van der Waals surface area contributed by atoms with Crippen molar-refractivity contribution in [2.24, 2.45) is 0 Å². The number of carboxylic acids is 1. The van der Waals surface area contributed by atoms with Gasteiger partial charge in [0.15, 0.2) is 0 Å². The van der Waals surface area contributed by atoms with Crippen molar-refractivity contribution < 1.29 is 46.1 Å². The minimum Gasteiger partial charge on any atom is -0.475 e. The first-order chi connectivity index (χ1) is 16.3. The molecule has 1 aromatic heterocycles. The second-order valence-electron chi connectivity index (χ2n) is 6.98. The molecule has 0 aliphatic carbocycles. The van der Waals surface area contributed by atoms with Gasteiger partial charge in [0.2, 0.25) is 0 Å². The van der Waals surface area contributed by atoms with E-state index in [0.717, 1.165) is 17.7 Å². The molecule has 2 aromatic carbocycles. The molecule has 2 N–H and O–H groups in total. The molecule has 35 heavy (non-hydrogen) atoms. The molecule has 0 spiro atoms. The highest BCUT2D eigenvalue weighted by atomic mass is 19.4. The highest BCUT2D eigenvalue weighted by molar-refractivity contribution is 5.73. The third kappa shape index (κ3) is 8.02. The highest BCUT2D eigenvalue weighted by Crippen LogP contribution is 2.33. The lowest BCUT2D eigenvalue weighted by atomic mass is 9.99. The summed E-state index contributed by atoms with van der Waals surface area (Å²) in [4.78, 5) is 26.3. The van der Waals surface area contributed by atoms with E-state index in [-0.39, 0.29) is 6.54 Å². The van der Waals surface area contributed by atoms with E-state index >= 15 is 0 Å². The molecule has 0 saturated carbocycles. The number of carboxylic acid groups (broad SMARTS) is 2. The first-order valence-electron chi connectivity index (χ1n) is 9.72. The molecule has 186 valence electrons. The van der Waals surface area contributed by atoms with E-state index in [9.17, 15) is 36.2 Å². The van der Waals surface area contributed by atoms with Crippen LogP contribution >= 0.6 is 0 Å². The Morgan fingerprint density at radius 3 is 1.80 bits per heavy atom. The van der Waals surface area contributed by atoms with Gasteiger partial charge in [-0.1, -0.05) is 48.5 Å². The maximum atomic E-state index is 12.9. The summed E-state index contributed by atoms with van der Waals surface area (Å²) in [6.45, 7) is 0.0679. The second-order valence-corrected chi connectivity index (χ2v) is 6.98. The van der Waals surface area contributed by atoms with E-state index in [4.69, 9.17) is 9.90 Å². The predicted molar refractivity (Wildman–Crippen MR) is 111 cm³/mol. The van der Waals surface area contributed by atoms with Gasteiger partial charge in [-0.25, -0.2) is 9.59 Å². The van der Waals surface area contributed by atoms with Crippen molar-refractivity contribution in [3.8, 4) is 0 Å². The Labute approximate surface area is 195 Å². The minimum absolute atomic E-state index is 0.0679. The van der Waals surface area contributed by atoms with Crippen LogP contribution in [0, 0.1) is 0 Å². The van der Waals surface area contributed by atoms with E-state index in [1.165, 1.54) is 23.2 Å². The number of pyridine rings is 1. The summed E-state index contributed by atoms with van der Waals surface area (Å²) in [5.41, 5.74) is 0.810. The van der Waals surface area contributed by atoms with Gasteiger partial charge in [0.1, 0.15) is 6.04 Å². The van der Waals surface area contributed by atoms with Crippen molar-refractivity contribution in [1.82, 2.24) is 9.88 Å². The third-order valence-electron chi connectivity index (χ3n) is 4.52. The van der Waals surface area contributed by atoms with Gasteiger partial charge >= 0.3 is 24.4 Å². The number of aliphatic carboxylic acids is 1. The molecule has 1 atom stereocenters. The lowest BCUT2D eigenvalue weighted by Crippen LogP contribution is -2.34. The molecule has 0 aliphatic heterocycles. The second kappa shape index (κ2) is 11.4. The van der Waals surface area contributed by atoms with Crippen LogP contribution in [-0.4, -0.2) is 38.3 Å². The molecule has 1 unspecified atom stereocenters. The average molecular weight is 500 g/mol. The van der Waals surface area contributed by atoms with Gasteiger partial charge < -0.3 is 10.2 Å². The van der Waals surface area contributed by atoms with Crippen LogP contribution in [0.4, 0.5) is 31.1 Å². The zero-order chi connectivity index (χ0) is 26.2. The van der Waals surface area contributed by atoms with Crippen LogP contribution in [0.25, 0.3) is 0 Å². The fourth-order valence-electron chi connectivity index (χ4n) is 2.95. The fraction of sp³-hybridized carbons (Fsp3) is 0.174. The van der Waals surface area contributed by atoms with Crippen molar-refractivity contribution in [1.29, 1.82) is 0 Å². The van der Waals surface area contributed by atoms with Gasteiger partial charge in [-0.05, 0) is 35.4 Å². The summed E-state index contributed by atoms with van der Waals surface area (Å²) >= 11 is 0. The van der Waals surface area contributed by atoms with Crippen LogP contribution in [-0.2, 0) is 17.5 Å².